The van der Waals surface area contributed by atoms with Crippen LogP contribution in [0, 0.1) is 18.7 Å². The maximum atomic E-state index is 13.2. The Bertz CT molecular complexity index is 435. The van der Waals surface area contributed by atoms with E-state index in [1.54, 1.807) is 19.9 Å². The molecule has 0 spiro atoms. The van der Waals surface area contributed by atoms with Gasteiger partial charge in [0.1, 0.15) is 5.82 Å². The second-order valence-corrected chi connectivity index (χ2v) is 5.79. The van der Waals surface area contributed by atoms with Gasteiger partial charge in [-0.05, 0) is 49.9 Å². The molecule has 4 heteroatoms. The molecule has 0 heterocycles. The van der Waals surface area contributed by atoms with E-state index >= 15 is 0 Å². The Labute approximate surface area is 113 Å². The van der Waals surface area contributed by atoms with Crippen molar-refractivity contribution in [3.05, 3.63) is 35.1 Å². The molecule has 1 amide bonds. The molecule has 0 aliphatic carbocycles. The average Bonchev–Trinajstić information content (AvgIpc) is 2.22. The van der Waals surface area contributed by atoms with E-state index in [1.165, 1.54) is 12.1 Å². The Kier molecular flexibility index (Phi) is 5.06. The van der Waals surface area contributed by atoms with Crippen molar-refractivity contribution in [1.82, 2.24) is 5.32 Å². The molecule has 0 aliphatic rings. The highest BCUT2D eigenvalue weighted by Crippen LogP contribution is 2.15. The van der Waals surface area contributed by atoms with Gasteiger partial charge >= 0.3 is 0 Å². The minimum atomic E-state index is -0.952. The third-order valence-corrected chi connectivity index (χ3v) is 2.78. The first-order valence-electron chi connectivity index (χ1n) is 6.47. The Morgan fingerprint density at radius 1 is 1.42 bits per heavy atom. The summed E-state index contributed by atoms with van der Waals surface area (Å²) in [5.41, 5.74) is 0.0172. The van der Waals surface area contributed by atoms with Gasteiger partial charge in [-0.3, -0.25) is 4.79 Å². The van der Waals surface area contributed by atoms with Crippen molar-refractivity contribution in [1.29, 1.82) is 0 Å². The summed E-state index contributed by atoms with van der Waals surface area (Å²) < 4.78 is 13.2. The smallest absolute Gasteiger partial charge is 0.251 e. The number of rotatable bonds is 5. The summed E-state index contributed by atoms with van der Waals surface area (Å²) in [6.45, 7) is 7.58. The van der Waals surface area contributed by atoms with Crippen LogP contribution in [0.4, 0.5) is 4.39 Å². The third kappa shape index (κ3) is 5.39. The number of hydrogen-bond donors (Lipinski definition) is 2. The lowest BCUT2D eigenvalue weighted by atomic mass is 9.94. The summed E-state index contributed by atoms with van der Waals surface area (Å²) in [5, 5.41) is 12.7. The Morgan fingerprint density at radius 3 is 2.58 bits per heavy atom. The van der Waals surface area contributed by atoms with E-state index in [9.17, 15) is 14.3 Å². The maximum absolute atomic E-state index is 13.2. The first-order chi connectivity index (χ1) is 8.69. The number of benzene rings is 1. The summed E-state index contributed by atoms with van der Waals surface area (Å²) >= 11 is 0. The number of hydrogen-bond acceptors (Lipinski definition) is 2. The molecule has 1 atom stereocenters. The number of amides is 1. The Morgan fingerprint density at radius 2 is 2.05 bits per heavy atom. The zero-order valence-electron chi connectivity index (χ0n) is 12.0. The first-order valence-corrected chi connectivity index (χ1v) is 6.47. The molecule has 0 fully saturated rings. The second kappa shape index (κ2) is 6.15. The molecule has 106 valence electrons. The van der Waals surface area contributed by atoms with Gasteiger partial charge in [0, 0.05) is 12.1 Å². The molecule has 0 radical (unpaired) electrons. The average molecular weight is 267 g/mol. The molecular formula is C15H22FNO2. The molecule has 19 heavy (non-hydrogen) atoms. The maximum Gasteiger partial charge on any atom is 0.251 e. The van der Waals surface area contributed by atoms with Crippen LogP contribution in [0.25, 0.3) is 0 Å². The molecule has 0 saturated carbocycles. The molecule has 1 aromatic rings. The molecule has 0 aliphatic heterocycles. The lowest BCUT2D eigenvalue weighted by Gasteiger charge is -2.25. The van der Waals surface area contributed by atoms with Crippen molar-refractivity contribution in [3.63, 3.8) is 0 Å². The summed E-state index contributed by atoms with van der Waals surface area (Å²) in [4.78, 5) is 11.9. The lowest BCUT2D eigenvalue weighted by molar-refractivity contribution is 0.0368. The highest BCUT2D eigenvalue weighted by Gasteiger charge is 2.22. The van der Waals surface area contributed by atoms with Crippen LogP contribution < -0.4 is 5.32 Å². The fourth-order valence-corrected chi connectivity index (χ4v) is 2.19. The molecule has 0 bridgehead atoms. The number of aliphatic hydroxyl groups is 1. The van der Waals surface area contributed by atoms with Gasteiger partial charge in [-0.25, -0.2) is 4.39 Å². The molecule has 2 N–H and O–H groups in total. The van der Waals surface area contributed by atoms with Crippen LogP contribution in [0.1, 0.15) is 43.1 Å². The van der Waals surface area contributed by atoms with E-state index in [0.717, 1.165) is 0 Å². The minimum Gasteiger partial charge on any atom is -0.388 e. The van der Waals surface area contributed by atoms with Gasteiger partial charge in [0.15, 0.2) is 0 Å². The van der Waals surface area contributed by atoms with Crippen molar-refractivity contribution in [2.75, 3.05) is 6.54 Å². The highest BCUT2D eigenvalue weighted by molar-refractivity contribution is 5.94. The topological polar surface area (TPSA) is 49.3 Å². The number of nitrogens with one attached hydrogen (secondary N) is 1. The van der Waals surface area contributed by atoms with Gasteiger partial charge in [0.05, 0.1) is 5.60 Å². The summed E-state index contributed by atoms with van der Waals surface area (Å²) in [6, 6.07) is 4.18. The largest absolute Gasteiger partial charge is 0.388 e. The van der Waals surface area contributed by atoms with Crippen LogP contribution in [0.3, 0.4) is 0 Å². The summed E-state index contributed by atoms with van der Waals surface area (Å²) in [5.74, 6) is -0.464. The molecule has 1 unspecified atom stereocenters. The van der Waals surface area contributed by atoms with Gasteiger partial charge in [-0.1, -0.05) is 13.8 Å². The van der Waals surface area contributed by atoms with Crippen LogP contribution >= 0.6 is 0 Å². The number of halogens is 1. The molecular weight excluding hydrogens is 245 g/mol. The van der Waals surface area contributed by atoms with Gasteiger partial charge < -0.3 is 10.4 Å². The second-order valence-electron chi connectivity index (χ2n) is 5.79. The van der Waals surface area contributed by atoms with Crippen LogP contribution in [0.2, 0.25) is 0 Å². The monoisotopic (exact) mass is 267 g/mol. The third-order valence-electron chi connectivity index (χ3n) is 2.78. The van der Waals surface area contributed by atoms with Crippen molar-refractivity contribution in [2.45, 2.75) is 39.7 Å². The molecule has 0 saturated heterocycles. The fourth-order valence-electron chi connectivity index (χ4n) is 2.19. The van der Waals surface area contributed by atoms with Crippen LogP contribution in [-0.4, -0.2) is 23.2 Å². The van der Waals surface area contributed by atoms with Crippen molar-refractivity contribution >= 4 is 5.91 Å². The molecule has 1 rings (SSSR count). The van der Waals surface area contributed by atoms with Crippen LogP contribution in [0.5, 0.6) is 0 Å². The summed E-state index contributed by atoms with van der Waals surface area (Å²) in [7, 11) is 0. The predicted molar refractivity (Wildman–Crippen MR) is 73.5 cm³/mol. The SMILES string of the molecule is Cc1cc(F)cc(C(=O)NCC(C)(O)CC(C)C)c1. The first kappa shape index (κ1) is 15.6. The van der Waals surface area contributed by atoms with E-state index < -0.39 is 11.4 Å². The zero-order valence-corrected chi connectivity index (χ0v) is 12.0. The summed E-state index contributed by atoms with van der Waals surface area (Å²) in [6.07, 6.45) is 0.593. The molecule has 3 nitrogen and oxygen atoms in total. The number of aryl methyl sites for hydroxylation is 1. The molecule has 1 aromatic carbocycles. The quantitative estimate of drug-likeness (QED) is 0.861. The highest BCUT2D eigenvalue weighted by atomic mass is 19.1. The van der Waals surface area contributed by atoms with Gasteiger partial charge in [-0.15, -0.1) is 0 Å². The van der Waals surface area contributed by atoms with E-state index in [0.29, 0.717) is 17.9 Å². The normalized spacial score (nSPS) is 14.3. The van der Waals surface area contributed by atoms with Gasteiger partial charge in [0.25, 0.3) is 5.91 Å². The van der Waals surface area contributed by atoms with Crippen molar-refractivity contribution < 1.29 is 14.3 Å². The predicted octanol–water partition coefficient (Wildman–Crippen LogP) is 2.66. The van der Waals surface area contributed by atoms with Crippen molar-refractivity contribution in [3.8, 4) is 0 Å². The van der Waals surface area contributed by atoms with E-state index in [4.69, 9.17) is 0 Å². The minimum absolute atomic E-state index is 0.152. The van der Waals surface area contributed by atoms with Crippen LogP contribution in [-0.2, 0) is 0 Å². The van der Waals surface area contributed by atoms with E-state index in [2.05, 4.69) is 5.32 Å². The standard InChI is InChI=1S/C15H22FNO2/c1-10(2)8-15(4,19)9-17-14(18)12-5-11(3)6-13(16)7-12/h5-7,10,19H,8-9H2,1-4H3,(H,17,18). The Balaban J connectivity index is 2.65. The number of carbonyl (C=O) groups excluding carboxylic acids is 1. The zero-order chi connectivity index (χ0) is 14.6. The van der Waals surface area contributed by atoms with Crippen LogP contribution in [0.15, 0.2) is 18.2 Å². The number of carbonyl (C=O) groups is 1. The van der Waals surface area contributed by atoms with Crippen molar-refractivity contribution in [2.24, 2.45) is 5.92 Å². The lowest BCUT2D eigenvalue weighted by Crippen LogP contribution is -2.41. The van der Waals surface area contributed by atoms with Gasteiger partial charge in [0.2, 0.25) is 0 Å². The molecule has 0 aromatic heterocycles. The van der Waals surface area contributed by atoms with Gasteiger partial charge in [-0.2, -0.15) is 0 Å². The van der Waals surface area contributed by atoms with E-state index in [-0.39, 0.29) is 18.0 Å². The van der Waals surface area contributed by atoms with E-state index in [1.807, 2.05) is 13.8 Å². The Hall–Kier alpha value is -1.42. The fraction of sp³-hybridized carbons (Fsp3) is 0.533.